The van der Waals surface area contributed by atoms with Gasteiger partial charge < -0.3 is 10.4 Å². The van der Waals surface area contributed by atoms with Gasteiger partial charge in [0.05, 0.1) is 4.90 Å². The van der Waals surface area contributed by atoms with Crippen molar-refractivity contribution in [2.45, 2.75) is 17.1 Å². The quantitative estimate of drug-likeness (QED) is 0.753. The normalized spacial score (nSPS) is 11.2. The molecule has 2 N–H and O–H groups in total. The molecule has 19 heavy (non-hydrogen) atoms. The van der Waals surface area contributed by atoms with Crippen molar-refractivity contribution in [3.05, 3.63) is 29.8 Å². The topological polar surface area (TPSA) is 83.5 Å². The molecular weight excluding hydrogens is 286 g/mol. The van der Waals surface area contributed by atoms with Crippen LogP contribution >= 0.6 is 11.8 Å². The second kappa shape index (κ2) is 7.40. The number of hydrogen-bond donors (Lipinski definition) is 2. The first kappa shape index (κ1) is 15.8. The van der Waals surface area contributed by atoms with Gasteiger partial charge in [-0.25, -0.2) is 13.2 Å². The fraction of sp³-hybridized carbons (Fsp3) is 0.417. The predicted molar refractivity (Wildman–Crippen MR) is 76.4 cm³/mol. The molecule has 1 aromatic rings. The second-order valence-electron chi connectivity index (χ2n) is 4.05. The van der Waals surface area contributed by atoms with Gasteiger partial charge >= 0.3 is 6.09 Å². The standard InChI is InChI=1S/C12H17NO4S2/c1-19(16,17)11-5-3-10(4-6-11)9-18-8-2-7-13-12(14)15/h3-6,13H,2,7-9H2,1H3,(H,14,15). The molecule has 5 nitrogen and oxygen atoms in total. The second-order valence-corrected chi connectivity index (χ2v) is 7.18. The molecule has 0 aliphatic carbocycles. The summed E-state index contributed by atoms with van der Waals surface area (Å²) in [6.07, 6.45) is 0.964. The molecule has 1 amide bonds. The highest BCUT2D eigenvalue weighted by molar-refractivity contribution is 7.98. The molecular formula is C12H17NO4S2. The average Bonchev–Trinajstić information content (AvgIpc) is 2.32. The van der Waals surface area contributed by atoms with E-state index in [-0.39, 0.29) is 0 Å². The lowest BCUT2D eigenvalue weighted by Crippen LogP contribution is -2.22. The monoisotopic (exact) mass is 303 g/mol. The van der Waals surface area contributed by atoms with Crippen molar-refractivity contribution in [3.8, 4) is 0 Å². The lowest BCUT2D eigenvalue weighted by molar-refractivity contribution is 0.194. The zero-order valence-corrected chi connectivity index (χ0v) is 12.3. The minimum Gasteiger partial charge on any atom is -0.465 e. The van der Waals surface area contributed by atoms with Crippen LogP contribution in [0.2, 0.25) is 0 Å². The predicted octanol–water partition coefficient (Wildman–Crippen LogP) is 1.98. The van der Waals surface area contributed by atoms with Crippen molar-refractivity contribution >= 4 is 27.7 Å². The van der Waals surface area contributed by atoms with E-state index in [1.165, 1.54) is 6.26 Å². The van der Waals surface area contributed by atoms with Gasteiger partial charge in [-0.1, -0.05) is 12.1 Å². The van der Waals surface area contributed by atoms with Crippen LogP contribution in [0.5, 0.6) is 0 Å². The average molecular weight is 303 g/mol. The van der Waals surface area contributed by atoms with Crippen molar-refractivity contribution < 1.29 is 18.3 Å². The van der Waals surface area contributed by atoms with Crippen molar-refractivity contribution in [1.82, 2.24) is 5.32 Å². The molecule has 0 fully saturated rings. The third-order valence-electron chi connectivity index (χ3n) is 2.36. The maximum absolute atomic E-state index is 11.3. The molecule has 0 unspecified atom stereocenters. The van der Waals surface area contributed by atoms with Crippen LogP contribution in [-0.4, -0.2) is 38.2 Å². The smallest absolute Gasteiger partial charge is 0.404 e. The Hall–Kier alpha value is -1.21. The van der Waals surface area contributed by atoms with Gasteiger partial charge in [0.25, 0.3) is 0 Å². The number of carboxylic acid groups (broad SMARTS) is 1. The summed E-state index contributed by atoms with van der Waals surface area (Å²) in [5.74, 6) is 1.64. The van der Waals surface area contributed by atoms with Gasteiger partial charge in [-0.3, -0.25) is 0 Å². The summed E-state index contributed by atoms with van der Waals surface area (Å²) in [6, 6.07) is 6.83. The summed E-state index contributed by atoms with van der Waals surface area (Å²) in [7, 11) is -3.13. The Bertz CT molecular complexity index is 511. The summed E-state index contributed by atoms with van der Waals surface area (Å²) in [5.41, 5.74) is 1.06. The van der Waals surface area contributed by atoms with Crippen LogP contribution in [0.15, 0.2) is 29.2 Å². The van der Waals surface area contributed by atoms with E-state index in [1.807, 2.05) is 0 Å². The molecule has 0 saturated carbocycles. The first-order chi connectivity index (χ1) is 8.89. The van der Waals surface area contributed by atoms with Crippen molar-refractivity contribution in [2.75, 3.05) is 18.6 Å². The fourth-order valence-electron chi connectivity index (χ4n) is 1.39. The van der Waals surface area contributed by atoms with E-state index in [2.05, 4.69) is 5.32 Å². The van der Waals surface area contributed by atoms with E-state index >= 15 is 0 Å². The number of carbonyl (C=O) groups is 1. The number of sulfone groups is 1. The van der Waals surface area contributed by atoms with Gasteiger partial charge in [-0.05, 0) is 29.9 Å². The Balaban J connectivity index is 2.29. The van der Waals surface area contributed by atoms with Crippen LogP contribution in [-0.2, 0) is 15.6 Å². The highest BCUT2D eigenvalue weighted by Gasteiger charge is 2.05. The summed E-state index contributed by atoms with van der Waals surface area (Å²) in [5, 5.41) is 10.7. The SMILES string of the molecule is CS(=O)(=O)c1ccc(CSCCCNC(=O)O)cc1. The molecule has 0 heterocycles. The number of benzene rings is 1. The summed E-state index contributed by atoms with van der Waals surface area (Å²) < 4.78 is 22.5. The first-order valence-corrected chi connectivity index (χ1v) is 8.78. The fourth-order valence-corrected chi connectivity index (χ4v) is 2.94. The largest absolute Gasteiger partial charge is 0.465 e. The Morgan fingerprint density at radius 3 is 2.47 bits per heavy atom. The molecule has 0 aliphatic heterocycles. The maximum atomic E-state index is 11.3. The van der Waals surface area contributed by atoms with E-state index in [1.54, 1.807) is 36.0 Å². The van der Waals surface area contributed by atoms with E-state index in [0.717, 1.165) is 23.5 Å². The first-order valence-electron chi connectivity index (χ1n) is 5.73. The van der Waals surface area contributed by atoms with Crippen LogP contribution in [0.25, 0.3) is 0 Å². The molecule has 0 atom stereocenters. The molecule has 0 aromatic heterocycles. The zero-order chi connectivity index (χ0) is 14.3. The van der Waals surface area contributed by atoms with Crippen LogP contribution < -0.4 is 5.32 Å². The van der Waals surface area contributed by atoms with Crippen LogP contribution in [0, 0.1) is 0 Å². The van der Waals surface area contributed by atoms with Crippen molar-refractivity contribution in [2.24, 2.45) is 0 Å². The van der Waals surface area contributed by atoms with E-state index in [0.29, 0.717) is 11.4 Å². The van der Waals surface area contributed by atoms with Crippen molar-refractivity contribution in [1.29, 1.82) is 0 Å². The summed E-state index contributed by atoms with van der Waals surface area (Å²) >= 11 is 1.69. The van der Waals surface area contributed by atoms with Gasteiger partial charge in [-0.15, -0.1) is 0 Å². The molecule has 0 bridgehead atoms. The molecule has 7 heteroatoms. The molecule has 0 saturated heterocycles. The lowest BCUT2D eigenvalue weighted by Gasteiger charge is -2.04. The van der Waals surface area contributed by atoms with Crippen molar-refractivity contribution in [3.63, 3.8) is 0 Å². The minimum absolute atomic E-state index is 0.326. The third kappa shape index (κ3) is 6.49. The van der Waals surface area contributed by atoms with E-state index in [9.17, 15) is 13.2 Å². The highest BCUT2D eigenvalue weighted by atomic mass is 32.2. The van der Waals surface area contributed by atoms with E-state index in [4.69, 9.17) is 5.11 Å². The van der Waals surface area contributed by atoms with Gasteiger partial charge in [0.1, 0.15) is 0 Å². The van der Waals surface area contributed by atoms with Gasteiger partial charge in [0.15, 0.2) is 9.84 Å². The Morgan fingerprint density at radius 1 is 1.32 bits per heavy atom. The maximum Gasteiger partial charge on any atom is 0.404 e. The number of rotatable bonds is 7. The van der Waals surface area contributed by atoms with E-state index < -0.39 is 15.9 Å². The molecule has 1 aromatic carbocycles. The van der Waals surface area contributed by atoms with Gasteiger partial charge in [-0.2, -0.15) is 11.8 Å². The van der Waals surface area contributed by atoms with Crippen LogP contribution in [0.4, 0.5) is 4.79 Å². The molecule has 1 rings (SSSR count). The molecule has 0 aliphatic rings. The molecule has 0 spiro atoms. The lowest BCUT2D eigenvalue weighted by atomic mass is 10.2. The Kier molecular flexibility index (Phi) is 6.17. The summed E-state index contributed by atoms with van der Waals surface area (Å²) in [4.78, 5) is 10.5. The number of thioether (sulfide) groups is 1. The number of hydrogen-bond acceptors (Lipinski definition) is 4. The van der Waals surface area contributed by atoms with Gasteiger partial charge in [0.2, 0.25) is 0 Å². The molecule has 0 radical (unpaired) electrons. The number of nitrogens with one attached hydrogen (secondary N) is 1. The Labute approximate surface area is 117 Å². The van der Waals surface area contributed by atoms with Crippen LogP contribution in [0.3, 0.4) is 0 Å². The van der Waals surface area contributed by atoms with Gasteiger partial charge in [0, 0.05) is 18.6 Å². The Morgan fingerprint density at radius 2 is 1.95 bits per heavy atom. The highest BCUT2D eigenvalue weighted by Crippen LogP contribution is 2.16. The minimum atomic E-state index is -3.13. The third-order valence-corrected chi connectivity index (χ3v) is 4.61. The molecule has 106 valence electrons. The zero-order valence-electron chi connectivity index (χ0n) is 10.6. The number of amides is 1. The van der Waals surface area contributed by atoms with Crippen LogP contribution in [0.1, 0.15) is 12.0 Å². The summed E-state index contributed by atoms with van der Waals surface area (Å²) in [6.45, 7) is 0.454.